The minimum atomic E-state index is -0.827. The number of hydrogen-bond acceptors (Lipinski definition) is 2. The first-order valence-corrected chi connectivity index (χ1v) is 4.71. The molecule has 0 radical (unpaired) electrons. The summed E-state index contributed by atoms with van der Waals surface area (Å²) >= 11 is 3.08. The van der Waals surface area contributed by atoms with Gasteiger partial charge in [0.25, 0.3) is 0 Å². The molecular weight excluding hydrogens is 239 g/mol. The molecule has 0 bridgehead atoms. The zero-order valence-electron chi connectivity index (χ0n) is 7.09. The molecule has 1 unspecified atom stereocenters. The van der Waals surface area contributed by atoms with Gasteiger partial charge in [-0.15, -0.1) is 0 Å². The predicted octanol–water partition coefficient (Wildman–Crippen LogP) is 2.74. The van der Waals surface area contributed by atoms with Crippen molar-refractivity contribution in [3.8, 4) is 5.75 Å². The van der Waals surface area contributed by atoms with Crippen molar-refractivity contribution < 1.29 is 14.6 Å². The lowest BCUT2D eigenvalue weighted by atomic mass is 10.1. The Morgan fingerprint density at radius 3 is 2.69 bits per heavy atom. The van der Waals surface area contributed by atoms with E-state index in [0.29, 0.717) is 10.9 Å². The Bertz CT molecular complexity index is 315. The third-order valence-corrected chi connectivity index (χ3v) is 2.26. The van der Waals surface area contributed by atoms with Crippen LogP contribution in [0, 0.1) is 5.82 Å². The first-order valence-electron chi connectivity index (χ1n) is 3.92. The van der Waals surface area contributed by atoms with Crippen LogP contribution in [0.4, 0.5) is 4.39 Å². The van der Waals surface area contributed by atoms with Crippen molar-refractivity contribution in [2.75, 3.05) is 0 Å². The van der Waals surface area contributed by atoms with Gasteiger partial charge < -0.3 is 10.2 Å². The highest BCUT2D eigenvalue weighted by atomic mass is 79.9. The van der Waals surface area contributed by atoms with Crippen molar-refractivity contribution in [2.45, 2.75) is 19.4 Å². The molecule has 0 spiro atoms. The van der Waals surface area contributed by atoms with Crippen LogP contribution in [0.2, 0.25) is 0 Å². The van der Waals surface area contributed by atoms with E-state index >= 15 is 0 Å². The van der Waals surface area contributed by atoms with Crippen molar-refractivity contribution in [1.82, 2.24) is 0 Å². The van der Waals surface area contributed by atoms with Crippen LogP contribution in [-0.4, -0.2) is 10.2 Å². The van der Waals surface area contributed by atoms with E-state index in [9.17, 15) is 14.6 Å². The van der Waals surface area contributed by atoms with Crippen molar-refractivity contribution in [1.29, 1.82) is 0 Å². The smallest absolute Gasteiger partial charge is 0.166 e. The maximum Gasteiger partial charge on any atom is 0.166 e. The third-order valence-electron chi connectivity index (χ3n) is 1.80. The van der Waals surface area contributed by atoms with Gasteiger partial charge >= 0.3 is 0 Å². The summed E-state index contributed by atoms with van der Waals surface area (Å²) in [5, 5.41) is 18.7. The Balaban J connectivity index is 3.20. The first kappa shape index (κ1) is 10.5. The molecule has 72 valence electrons. The Hall–Kier alpha value is -0.610. The van der Waals surface area contributed by atoms with Crippen molar-refractivity contribution in [3.05, 3.63) is 28.0 Å². The van der Waals surface area contributed by atoms with E-state index in [1.165, 1.54) is 6.07 Å². The summed E-state index contributed by atoms with van der Waals surface area (Å²) in [6.45, 7) is 1.75. The van der Waals surface area contributed by atoms with Gasteiger partial charge in [0.05, 0.1) is 6.10 Å². The zero-order valence-corrected chi connectivity index (χ0v) is 8.68. The van der Waals surface area contributed by atoms with Crippen molar-refractivity contribution in [3.63, 3.8) is 0 Å². The predicted molar refractivity (Wildman–Crippen MR) is 51.0 cm³/mol. The molecule has 0 fully saturated rings. The summed E-state index contributed by atoms with van der Waals surface area (Å²) in [5.41, 5.74) is 0.217. The van der Waals surface area contributed by atoms with Crippen LogP contribution in [-0.2, 0) is 0 Å². The minimum Gasteiger partial charge on any atom is -0.505 e. The molecule has 0 aromatic heterocycles. The highest BCUT2D eigenvalue weighted by molar-refractivity contribution is 9.10. The van der Waals surface area contributed by atoms with Crippen LogP contribution in [0.15, 0.2) is 16.6 Å². The molecule has 4 heteroatoms. The minimum absolute atomic E-state index is 0.217. The summed E-state index contributed by atoms with van der Waals surface area (Å²) in [5.74, 6) is -1.20. The number of phenols is 1. The molecule has 1 aromatic rings. The van der Waals surface area contributed by atoms with Crippen LogP contribution in [0.25, 0.3) is 0 Å². The second-order valence-corrected chi connectivity index (χ2v) is 3.67. The Labute approximate surface area is 84.1 Å². The van der Waals surface area contributed by atoms with Gasteiger partial charge in [-0.2, -0.15) is 0 Å². The molecule has 0 saturated carbocycles. The van der Waals surface area contributed by atoms with E-state index in [-0.39, 0.29) is 5.56 Å². The SMILES string of the molecule is CCC(O)c1cc(Br)cc(F)c1O. The van der Waals surface area contributed by atoms with Gasteiger partial charge in [0, 0.05) is 10.0 Å². The van der Waals surface area contributed by atoms with E-state index in [4.69, 9.17) is 0 Å². The number of benzene rings is 1. The monoisotopic (exact) mass is 248 g/mol. The van der Waals surface area contributed by atoms with Crippen molar-refractivity contribution >= 4 is 15.9 Å². The van der Waals surface area contributed by atoms with Crippen LogP contribution >= 0.6 is 15.9 Å². The highest BCUT2D eigenvalue weighted by Gasteiger charge is 2.14. The Morgan fingerprint density at radius 1 is 1.54 bits per heavy atom. The lowest BCUT2D eigenvalue weighted by molar-refractivity contribution is 0.168. The topological polar surface area (TPSA) is 40.5 Å². The molecule has 2 N–H and O–H groups in total. The number of aromatic hydroxyl groups is 1. The molecule has 0 aliphatic rings. The average Bonchev–Trinajstić information content (AvgIpc) is 2.10. The molecule has 0 amide bonds. The highest BCUT2D eigenvalue weighted by Crippen LogP contribution is 2.31. The van der Waals surface area contributed by atoms with E-state index < -0.39 is 17.7 Å². The van der Waals surface area contributed by atoms with E-state index in [1.807, 2.05) is 0 Å². The summed E-state index contributed by atoms with van der Waals surface area (Å²) in [6, 6.07) is 2.66. The van der Waals surface area contributed by atoms with Gasteiger partial charge in [-0.05, 0) is 18.6 Å². The first-order chi connectivity index (χ1) is 6.06. The maximum absolute atomic E-state index is 12.9. The molecule has 0 aliphatic heterocycles. The van der Waals surface area contributed by atoms with E-state index in [0.717, 1.165) is 6.07 Å². The van der Waals surface area contributed by atoms with Crippen LogP contribution in [0.3, 0.4) is 0 Å². The second-order valence-electron chi connectivity index (χ2n) is 2.75. The summed E-state index contributed by atoms with van der Waals surface area (Å²) in [6.07, 6.45) is -0.393. The van der Waals surface area contributed by atoms with Crippen molar-refractivity contribution in [2.24, 2.45) is 0 Å². The standard InChI is InChI=1S/C9H10BrFO2/c1-2-8(12)6-3-5(10)4-7(11)9(6)13/h3-4,8,12-13H,2H2,1H3. The summed E-state index contributed by atoms with van der Waals surface area (Å²) in [7, 11) is 0. The summed E-state index contributed by atoms with van der Waals surface area (Å²) < 4.78 is 13.5. The van der Waals surface area contributed by atoms with E-state index in [2.05, 4.69) is 15.9 Å². The van der Waals surface area contributed by atoms with Gasteiger partial charge in [0.2, 0.25) is 0 Å². The molecule has 13 heavy (non-hydrogen) atoms. The molecule has 0 saturated heterocycles. The Morgan fingerprint density at radius 2 is 2.15 bits per heavy atom. The number of aliphatic hydroxyl groups excluding tert-OH is 1. The number of halogens is 2. The molecule has 2 nitrogen and oxygen atoms in total. The van der Waals surface area contributed by atoms with Gasteiger partial charge in [-0.3, -0.25) is 0 Å². The quantitative estimate of drug-likeness (QED) is 0.845. The molecule has 1 atom stereocenters. The van der Waals surface area contributed by atoms with Crippen LogP contribution < -0.4 is 0 Å². The Kier molecular flexibility index (Phi) is 3.27. The van der Waals surface area contributed by atoms with Gasteiger partial charge in [0.15, 0.2) is 11.6 Å². The second kappa shape index (κ2) is 4.07. The number of rotatable bonds is 2. The van der Waals surface area contributed by atoms with E-state index in [1.54, 1.807) is 6.92 Å². The molecule has 1 aromatic carbocycles. The fourth-order valence-corrected chi connectivity index (χ4v) is 1.51. The van der Waals surface area contributed by atoms with Crippen LogP contribution in [0.1, 0.15) is 25.0 Å². The molecule has 0 aliphatic carbocycles. The number of aliphatic hydroxyl groups is 1. The molecular formula is C9H10BrFO2. The normalized spacial score (nSPS) is 12.9. The average molecular weight is 249 g/mol. The lowest BCUT2D eigenvalue weighted by Crippen LogP contribution is -1.97. The zero-order chi connectivity index (χ0) is 10.0. The van der Waals surface area contributed by atoms with Gasteiger partial charge in [-0.25, -0.2) is 4.39 Å². The molecule has 0 heterocycles. The fourth-order valence-electron chi connectivity index (χ4n) is 1.06. The van der Waals surface area contributed by atoms with Crippen LogP contribution in [0.5, 0.6) is 5.75 Å². The van der Waals surface area contributed by atoms with Gasteiger partial charge in [0.1, 0.15) is 0 Å². The third kappa shape index (κ3) is 2.19. The fraction of sp³-hybridized carbons (Fsp3) is 0.333. The van der Waals surface area contributed by atoms with Gasteiger partial charge in [-0.1, -0.05) is 22.9 Å². The lowest BCUT2D eigenvalue weighted by Gasteiger charge is -2.11. The molecule has 1 rings (SSSR count). The number of phenolic OH excluding ortho intramolecular Hbond substituents is 1. The maximum atomic E-state index is 12.9. The largest absolute Gasteiger partial charge is 0.505 e. The number of hydrogen-bond donors (Lipinski definition) is 2. The summed E-state index contributed by atoms with van der Waals surface area (Å²) in [4.78, 5) is 0.